The van der Waals surface area contributed by atoms with Gasteiger partial charge in [0.25, 0.3) is 0 Å². The molecule has 0 radical (unpaired) electrons. The van der Waals surface area contributed by atoms with Crippen LogP contribution < -0.4 is 28.4 Å². The van der Waals surface area contributed by atoms with Gasteiger partial charge in [0.2, 0.25) is 5.75 Å². The third-order valence-electron chi connectivity index (χ3n) is 4.19. The van der Waals surface area contributed by atoms with Crippen molar-refractivity contribution in [1.82, 2.24) is 15.4 Å². The molecule has 10 nitrogen and oxygen atoms in total. The van der Waals surface area contributed by atoms with E-state index in [1.807, 2.05) is 0 Å². The van der Waals surface area contributed by atoms with Crippen molar-refractivity contribution in [3.8, 4) is 51.3 Å². The molecule has 0 fully saturated rings. The highest BCUT2D eigenvalue weighted by atomic mass is 31.2. The van der Waals surface area contributed by atoms with Crippen molar-refractivity contribution in [2.75, 3.05) is 35.1 Å². The number of nitrogens with zero attached hydrogens (tertiary/aromatic N) is 2. The number of methoxy groups -OCH3 is 4. The zero-order chi connectivity index (χ0) is 21.9. The minimum absolute atomic E-state index is 0.0674. The second-order valence-electron chi connectivity index (χ2n) is 6.16. The van der Waals surface area contributed by atoms with Gasteiger partial charge in [0.1, 0.15) is 22.9 Å². The first-order valence-electron chi connectivity index (χ1n) is 8.69. The standard InChI is InChI=1S/C19H22N3O7P/c1-25-12-6-7-13(14(10-12)29-30(5,23)24)18-17(20-22-21-18)11-8-15(26-2)19(28-4)16(9-11)27-3/h6-10H,1-5H3,(H,23,24)(H,20,21,22)/p-1. The molecule has 30 heavy (non-hydrogen) atoms. The molecule has 1 heterocycles. The second kappa shape index (κ2) is 8.64. The number of ether oxygens (including phenoxy) is 4. The SMILES string of the molecule is COc1ccc(-c2n[nH]nc2-c2cc(OC)c(OC)c(OC)c2)c(OP(C)(=O)[O-])c1. The molecule has 0 aliphatic rings. The Morgan fingerprint density at radius 2 is 1.50 bits per heavy atom. The Balaban J connectivity index is 2.18. The summed E-state index contributed by atoms with van der Waals surface area (Å²) < 4.78 is 38.3. The van der Waals surface area contributed by atoms with Crippen molar-refractivity contribution in [2.45, 2.75) is 0 Å². The maximum atomic E-state index is 11.8. The van der Waals surface area contributed by atoms with Gasteiger partial charge in [-0.05, 0) is 24.3 Å². The number of aromatic nitrogens is 3. The van der Waals surface area contributed by atoms with Gasteiger partial charge >= 0.3 is 0 Å². The zero-order valence-corrected chi connectivity index (χ0v) is 18.0. The van der Waals surface area contributed by atoms with E-state index >= 15 is 0 Å². The molecule has 1 unspecified atom stereocenters. The lowest BCUT2D eigenvalue weighted by Gasteiger charge is -2.21. The maximum absolute atomic E-state index is 11.8. The summed E-state index contributed by atoms with van der Waals surface area (Å²) in [5.41, 5.74) is 1.82. The molecular formula is C19H21N3O7P-. The normalized spacial score (nSPS) is 12.7. The van der Waals surface area contributed by atoms with Crippen LogP contribution >= 0.6 is 7.60 Å². The monoisotopic (exact) mass is 434 g/mol. The van der Waals surface area contributed by atoms with Crippen molar-refractivity contribution < 1.29 is 32.9 Å². The first-order valence-corrected chi connectivity index (χ1v) is 10.7. The minimum Gasteiger partial charge on any atom is -0.769 e. The Bertz CT molecular complexity index is 1070. The van der Waals surface area contributed by atoms with Crippen LogP contribution in [0, 0.1) is 0 Å². The summed E-state index contributed by atoms with van der Waals surface area (Å²) in [6, 6.07) is 8.21. The highest BCUT2D eigenvalue weighted by Gasteiger charge is 2.22. The number of hydrogen-bond donors (Lipinski definition) is 1. The topological polar surface area (TPSA) is 128 Å². The zero-order valence-electron chi connectivity index (χ0n) is 17.1. The van der Waals surface area contributed by atoms with Crippen LogP contribution in [-0.2, 0) is 4.57 Å². The molecule has 1 atom stereocenters. The summed E-state index contributed by atoms with van der Waals surface area (Å²) in [5, 5.41) is 11.0. The van der Waals surface area contributed by atoms with Gasteiger partial charge in [0.15, 0.2) is 19.1 Å². The lowest BCUT2D eigenvalue weighted by Crippen LogP contribution is -2.06. The summed E-state index contributed by atoms with van der Waals surface area (Å²) in [4.78, 5) is 11.8. The Morgan fingerprint density at radius 1 is 0.867 bits per heavy atom. The van der Waals surface area contributed by atoms with Crippen molar-refractivity contribution in [3.05, 3.63) is 30.3 Å². The van der Waals surface area contributed by atoms with E-state index in [1.165, 1.54) is 34.5 Å². The summed E-state index contributed by atoms with van der Waals surface area (Å²) in [5.74, 6) is 1.80. The van der Waals surface area contributed by atoms with E-state index in [2.05, 4.69) is 15.4 Å². The molecule has 0 aliphatic heterocycles. The Morgan fingerprint density at radius 3 is 2.03 bits per heavy atom. The van der Waals surface area contributed by atoms with Crippen LogP contribution in [0.4, 0.5) is 0 Å². The van der Waals surface area contributed by atoms with Crippen LogP contribution in [0.1, 0.15) is 0 Å². The molecule has 2 aromatic carbocycles. The van der Waals surface area contributed by atoms with E-state index in [9.17, 15) is 9.46 Å². The van der Waals surface area contributed by atoms with Gasteiger partial charge in [-0.1, -0.05) is 0 Å². The number of aromatic amines is 1. The van der Waals surface area contributed by atoms with Gasteiger partial charge in [-0.3, -0.25) is 4.57 Å². The van der Waals surface area contributed by atoms with Gasteiger partial charge in [-0.25, -0.2) is 0 Å². The van der Waals surface area contributed by atoms with Gasteiger partial charge in [-0.15, -0.1) is 0 Å². The summed E-state index contributed by atoms with van der Waals surface area (Å²) >= 11 is 0. The average molecular weight is 434 g/mol. The lowest BCUT2D eigenvalue weighted by atomic mass is 10.0. The van der Waals surface area contributed by atoms with Crippen LogP contribution in [0.2, 0.25) is 0 Å². The smallest absolute Gasteiger partial charge is 0.203 e. The van der Waals surface area contributed by atoms with Gasteiger partial charge in [0, 0.05) is 23.9 Å². The molecule has 1 aromatic heterocycles. The number of hydrogen-bond acceptors (Lipinski definition) is 9. The molecule has 0 amide bonds. The third kappa shape index (κ3) is 4.34. The predicted octanol–water partition coefficient (Wildman–Crippen LogP) is 2.74. The quantitative estimate of drug-likeness (QED) is 0.532. The first-order chi connectivity index (χ1) is 14.3. The van der Waals surface area contributed by atoms with Crippen LogP contribution in [0.5, 0.6) is 28.7 Å². The van der Waals surface area contributed by atoms with E-state index in [1.54, 1.807) is 24.3 Å². The predicted molar refractivity (Wildman–Crippen MR) is 108 cm³/mol. The molecule has 160 valence electrons. The molecule has 0 saturated carbocycles. The van der Waals surface area contributed by atoms with Crippen LogP contribution in [0.25, 0.3) is 22.5 Å². The lowest BCUT2D eigenvalue weighted by molar-refractivity contribution is -0.188. The van der Waals surface area contributed by atoms with Crippen molar-refractivity contribution >= 4 is 7.60 Å². The number of benzene rings is 2. The number of nitrogens with one attached hydrogen (secondary N) is 1. The van der Waals surface area contributed by atoms with Crippen molar-refractivity contribution in [2.24, 2.45) is 0 Å². The molecule has 3 rings (SSSR count). The third-order valence-corrected chi connectivity index (χ3v) is 4.72. The molecule has 0 bridgehead atoms. The average Bonchev–Trinajstić information content (AvgIpc) is 3.20. The van der Waals surface area contributed by atoms with Gasteiger partial charge in [0.05, 0.1) is 28.4 Å². The van der Waals surface area contributed by atoms with Crippen LogP contribution in [-0.4, -0.2) is 50.5 Å². The molecule has 3 aromatic rings. The molecular weight excluding hydrogens is 413 g/mol. The summed E-state index contributed by atoms with van der Waals surface area (Å²) in [6.07, 6.45) is 0. The fraction of sp³-hybridized carbons (Fsp3) is 0.263. The Labute approximate surface area is 173 Å². The maximum Gasteiger partial charge on any atom is 0.203 e. The highest BCUT2D eigenvalue weighted by molar-refractivity contribution is 7.50. The number of rotatable bonds is 8. The first kappa shape index (κ1) is 21.5. The Hall–Kier alpha value is -3.23. The highest BCUT2D eigenvalue weighted by Crippen LogP contribution is 2.45. The van der Waals surface area contributed by atoms with Gasteiger partial charge < -0.3 is 28.4 Å². The minimum atomic E-state index is -4.09. The van der Waals surface area contributed by atoms with Crippen molar-refractivity contribution in [1.29, 1.82) is 0 Å². The summed E-state index contributed by atoms with van der Waals surface area (Å²) in [7, 11) is 1.90. The van der Waals surface area contributed by atoms with E-state index in [4.69, 9.17) is 23.5 Å². The van der Waals surface area contributed by atoms with Crippen molar-refractivity contribution in [3.63, 3.8) is 0 Å². The largest absolute Gasteiger partial charge is 0.769 e. The van der Waals surface area contributed by atoms with Crippen LogP contribution in [0.15, 0.2) is 30.3 Å². The van der Waals surface area contributed by atoms with Crippen LogP contribution in [0.3, 0.4) is 0 Å². The Kier molecular flexibility index (Phi) is 6.19. The fourth-order valence-corrected chi connectivity index (χ4v) is 3.43. The second-order valence-corrected chi connectivity index (χ2v) is 7.88. The molecule has 0 aliphatic carbocycles. The van der Waals surface area contributed by atoms with E-state index < -0.39 is 7.60 Å². The van der Waals surface area contributed by atoms with E-state index in [0.717, 1.165) is 6.66 Å². The summed E-state index contributed by atoms with van der Waals surface area (Å²) in [6.45, 7) is 0.985. The molecule has 0 spiro atoms. The van der Waals surface area contributed by atoms with E-state index in [0.29, 0.717) is 45.5 Å². The molecule has 0 saturated heterocycles. The fourth-order valence-electron chi connectivity index (χ4n) is 2.92. The van der Waals surface area contributed by atoms with Gasteiger partial charge in [-0.2, -0.15) is 15.4 Å². The molecule has 11 heteroatoms. The van der Waals surface area contributed by atoms with E-state index in [-0.39, 0.29) is 5.75 Å². The number of H-pyrrole nitrogens is 1. The molecule has 1 N–H and O–H groups in total.